The Morgan fingerprint density at radius 1 is 1.17 bits per heavy atom. The molecule has 0 aliphatic carbocycles. The largest absolute Gasteiger partial charge is 0.262 e. The number of hydrogen-bond acceptors (Lipinski definition) is 3. The van der Waals surface area contributed by atoms with E-state index in [0.717, 1.165) is 0 Å². The molecule has 0 unspecified atom stereocenters. The molecule has 54 valence electrons. The fourth-order valence-corrected chi connectivity index (χ4v) is 0.670. The van der Waals surface area contributed by atoms with Crippen molar-refractivity contribution in [2.45, 2.75) is 0 Å². The monoisotopic (exact) mass is 153 g/mol. The SMILES string of the molecule is N#CC#Cc1cncc(C#N)c1. The smallest absolute Gasteiger partial charge is 0.152 e. The molecule has 0 aliphatic heterocycles. The maximum Gasteiger partial charge on any atom is 0.152 e. The van der Waals surface area contributed by atoms with Gasteiger partial charge in [-0.05, 0) is 12.0 Å². The van der Waals surface area contributed by atoms with Gasteiger partial charge in [0.25, 0.3) is 0 Å². The third kappa shape index (κ3) is 1.84. The van der Waals surface area contributed by atoms with Gasteiger partial charge in [0, 0.05) is 23.9 Å². The minimum absolute atomic E-state index is 0.444. The Kier molecular flexibility index (Phi) is 2.44. The summed E-state index contributed by atoms with van der Waals surface area (Å²) in [5.74, 6) is 4.77. The standard InChI is InChI=1S/C9H3N3/c10-3-1-2-8-4-9(5-11)7-12-6-8/h4,6-7H. The molecule has 12 heavy (non-hydrogen) atoms. The Labute approximate surface area is 69.9 Å². The Morgan fingerprint density at radius 2 is 1.92 bits per heavy atom. The van der Waals surface area contributed by atoms with Gasteiger partial charge in [-0.1, -0.05) is 0 Å². The topological polar surface area (TPSA) is 60.5 Å². The fraction of sp³-hybridized carbons (Fsp3) is 0. The number of rotatable bonds is 0. The summed E-state index contributed by atoms with van der Waals surface area (Å²) in [6.07, 6.45) is 2.95. The van der Waals surface area contributed by atoms with E-state index in [1.165, 1.54) is 12.4 Å². The van der Waals surface area contributed by atoms with Crippen molar-refractivity contribution in [3.8, 4) is 24.0 Å². The van der Waals surface area contributed by atoms with Crippen LogP contribution in [0.2, 0.25) is 0 Å². The summed E-state index contributed by atoms with van der Waals surface area (Å²) in [7, 11) is 0. The van der Waals surface area contributed by atoms with Crippen molar-refractivity contribution in [1.29, 1.82) is 10.5 Å². The predicted molar refractivity (Wildman–Crippen MR) is 41.4 cm³/mol. The van der Waals surface area contributed by atoms with E-state index in [4.69, 9.17) is 10.5 Å². The van der Waals surface area contributed by atoms with Crippen LogP contribution in [0.3, 0.4) is 0 Å². The van der Waals surface area contributed by atoms with E-state index in [0.29, 0.717) is 11.1 Å². The molecule has 1 rings (SSSR count). The van der Waals surface area contributed by atoms with Gasteiger partial charge in [0.2, 0.25) is 0 Å². The van der Waals surface area contributed by atoms with E-state index in [-0.39, 0.29) is 0 Å². The van der Waals surface area contributed by atoms with E-state index in [2.05, 4.69) is 16.8 Å². The van der Waals surface area contributed by atoms with Gasteiger partial charge in [0.05, 0.1) is 5.56 Å². The second-order valence-electron chi connectivity index (χ2n) is 1.94. The van der Waals surface area contributed by atoms with E-state index < -0.39 is 0 Å². The number of hydrogen-bond donors (Lipinski definition) is 0. The summed E-state index contributed by atoms with van der Waals surface area (Å²) in [5.41, 5.74) is 1.02. The fourth-order valence-electron chi connectivity index (χ4n) is 0.670. The van der Waals surface area contributed by atoms with Crippen molar-refractivity contribution in [2.24, 2.45) is 0 Å². The minimum Gasteiger partial charge on any atom is -0.262 e. The first-order valence-corrected chi connectivity index (χ1v) is 3.12. The number of nitrogens with zero attached hydrogens (tertiary/aromatic N) is 3. The quantitative estimate of drug-likeness (QED) is 0.518. The van der Waals surface area contributed by atoms with Crippen LogP contribution in [0.25, 0.3) is 0 Å². The molecule has 1 aromatic heterocycles. The van der Waals surface area contributed by atoms with Crippen molar-refractivity contribution in [2.75, 3.05) is 0 Å². The molecule has 0 saturated heterocycles. The van der Waals surface area contributed by atoms with Gasteiger partial charge in [-0.15, -0.1) is 0 Å². The summed E-state index contributed by atoms with van der Waals surface area (Å²) >= 11 is 0. The highest BCUT2D eigenvalue weighted by Gasteiger charge is 1.90. The zero-order chi connectivity index (χ0) is 8.81. The van der Waals surface area contributed by atoms with Crippen LogP contribution in [0.1, 0.15) is 11.1 Å². The van der Waals surface area contributed by atoms with Gasteiger partial charge < -0.3 is 0 Å². The van der Waals surface area contributed by atoms with E-state index in [1.54, 1.807) is 12.1 Å². The molecule has 0 aromatic carbocycles. The number of aromatic nitrogens is 1. The van der Waals surface area contributed by atoms with Crippen LogP contribution in [0.4, 0.5) is 0 Å². The summed E-state index contributed by atoms with van der Waals surface area (Å²) in [6, 6.07) is 5.19. The van der Waals surface area contributed by atoms with Gasteiger partial charge in [0.1, 0.15) is 6.07 Å². The molecule has 0 amide bonds. The molecule has 0 bridgehead atoms. The molecule has 1 aromatic rings. The summed E-state index contributed by atoms with van der Waals surface area (Å²) in [5, 5.41) is 16.6. The first kappa shape index (κ1) is 7.79. The Morgan fingerprint density at radius 3 is 2.58 bits per heavy atom. The molecule has 0 spiro atoms. The maximum absolute atomic E-state index is 8.48. The third-order valence-electron chi connectivity index (χ3n) is 1.13. The van der Waals surface area contributed by atoms with Crippen LogP contribution >= 0.6 is 0 Å². The number of nitriles is 2. The van der Waals surface area contributed by atoms with Crippen LogP contribution in [-0.4, -0.2) is 4.98 Å². The normalized spacial score (nSPS) is 7.17. The summed E-state index contributed by atoms with van der Waals surface area (Å²) < 4.78 is 0. The van der Waals surface area contributed by atoms with Crippen LogP contribution in [0.15, 0.2) is 18.5 Å². The van der Waals surface area contributed by atoms with Crippen molar-refractivity contribution in [3.05, 3.63) is 29.6 Å². The highest BCUT2D eigenvalue weighted by molar-refractivity contribution is 5.40. The molecule has 0 N–H and O–H groups in total. The minimum atomic E-state index is 0.444. The molecule has 0 radical (unpaired) electrons. The lowest BCUT2D eigenvalue weighted by Crippen LogP contribution is -1.80. The maximum atomic E-state index is 8.48. The van der Waals surface area contributed by atoms with Gasteiger partial charge in [0.15, 0.2) is 6.07 Å². The average molecular weight is 153 g/mol. The Hall–Kier alpha value is -2.31. The Bertz CT molecular complexity index is 424. The first-order valence-electron chi connectivity index (χ1n) is 3.12. The molecule has 3 heteroatoms. The van der Waals surface area contributed by atoms with Crippen molar-refractivity contribution < 1.29 is 0 Å². The van der Waals surface area contributed by atoms with E-state index in [9.17, 15) is 0 Å². The number of pyridine rings is 1. The second kappa shape index (κ2) is 3.76. The Balaban J connectivity index is 3.06. The van der Waals surface area contributed by atoms with Crippen LogP contribution in [0, 0.1) is 34.5 Å². The molecule has 0 fully saturated rings. The highest BCUT2D eigenvalue weighted by atomic mass is 14.6. The molecule has 1 heterocycles. The van der Waals surface area contributed by atoms with E-state index >= 15 is 0 Å². The summed E-state index contributed by atoms with van der Waals surface area (Å²) in [4.78, 5) is 3.77. The van der Waals surface area contributed by atoms with Gasteiger partial charge in [-0.2, -0.15) is 10.5 Å². The zero-order valence-electron chi connectivity index (χ0n) is 6.07. The van der Waals surface area contributed by atoms with E-state index in [1.807, 2.05) is 6.07 Å². The molecule has 3 nitrogen and oxygen atoms in total. The zero-order valence-corrected chi connectivity index (χ0v) is 6.07. The average Bonchev–Trinajstić information content (AvgIpc) is 2.15. The molecule has 0 saturated carbocycles. The lowest BCUT2D eigenvalue weighted by Gasteiger charge is -1.87. The highest BCUT2D eigenvalue weighted by Crippen LogP contribution is 1.98. The second-order valence-corrected chi connectivity index (χ2v) is 1.94. The van der Waals surface area contributed by atoms with Crippen molar-refractivity contribution >= 4 is 0 Å². The first-order chi connectivity index (χ1) is 5.86. The van der Waals surface area contributed by atoms with Crippen LogP contribution < -0.4 is 0 Å². The van der Waals surface area contributed by atoms with Gasteiger partial charge >= 0.3 is 0 Å². The summed E-state index contributed by atoms with van der Waals surface area (Å²) in [6.45, 7) is 0. The van der Waals surface area contributed by atoms with Crippen LogP contribution in [-0.2, 0) is 0 Å². The van der Waals surface area contributed by atoms with Gasteiger partial charge in [-0.25, -0.2) is 0 Å². The van der Waals surface area contributed by atoms with Crippen molar-refractivity contribution in [1.82, 2.24) is 4.98 Å². The molecular formula is C9H3N3. The molecular weight excluding hydrogens is 150 g/mol. The lowest BCUT2D eigenvalue weighted by molar-refractivity contribution is 1.29. The molecule has 0 aliphatic rings. The third-order valence-corrected chi connectivity index (χ3v) is 1.13. The van der Waals surface area contributed by atoms with Crippen LogP contribution in [0.5, 0.6) is 0 Å². The van der Waals surface area contributed by atoms with Gasteiger partial charge in [-0.3, -0.25) is 4.98 Å². The lowest BCUT2D eigenvalue weighted by atomic mass is 10.2. The predicted octanol–water partition coefficient (Wildman–Crippen LogP) is 0.828. The van der Waals surface area contributed by atoms with Crippen molar-refractivity contribution in [3.63, 3.8) is 0 Å². The molecule has 0 atom stereocenters.